The van der Waals surface area contributed by atoms with Gasteiger partial charge in [0, 0.05) is 49.1 Å². The van der Waals surface area contributed by atoms with Crippen LogP contribution in [0.25, 0.3) is 11.1 Å². The van der Waals surface area contributed by atoms with E-state index >= 15 is 0 Å². The number of hydrogen-bond acceptors (Lipinski definition) is 6. The van der Waals surface area contributed by atoms with Crippen LogP contribution in [-0.4, -0.2) is 77.4 Å². The third-order valence-electron chi connectivity index (χ3n) is 10.2. The largest absolute Gasteiger partial charge is 0.491 e. The van der Waals surface area contributed by atoms with Gasteiger partial charge in [0.1, 0.15) is 5.75 Å². The second-order valence-corrected chi connectivity index (χ2v) is 14.9. The second kappa shape index (κ2) is 18.0. The predicted molar refractivity (Wildman–Crippen MR) is 201 cm³/mol. The lowest BCUT2D eigenvalue weighted by atomic mass is 9.95. The molecule has 0 saturated carbocycles. The van der Waals surface area contributed by atoms with E-state index in [-0.39, 0.29) is 17.6 Å². The van der Waals surface area contributed by atoms with E-state index in [4.69, 9.17) is 0 Å². The van der Waals surface area contributed by atoms with Gasteiger partial charge in [-0.1, -0.05) is 61.0 Å². The van der Waals surface area contributed by atoms with Crippen LogP contribution in [0.4, 0.5) is 13.2 Å². The molecule has 2 fully saturated rings. The molecule has 1 aromatic heterocycles. The third kappa shape index (κ3) is 10.6. The molecule has 2 amide bonds. The maximum atomic E-state index is 13.9. The van der Waals surface area contributed by atoms with Crippen LogP contribution in [0.5, 0.6) is 5.75 Å². The van der Waals surface area contributed by atoms with Gasteiger partial charge < -0.3 is 19.4 Å². The van der Waals surface area contributed by atoms with E-state index in [1.165, 1.54) is 36.3 Å². The number of hydrogen-bond donors (Lipinski definition) is 0. The molecule has 0 spiro atoms. The number of aryl methyl sites for hydroxylation is 1. The zero-order chi connectivity index (χ0) is 37.2. The molecular formula is C42H46F3N3O4S. The van der Waals surface area contributed by atoms with E-state index in [1.54, 1.807) is 23.5 Å². The Balaban J connectivity index is 1.13. The Morgan fingerprint density at radius 1 is 0.811 bits per heavy atom. The molecule has 2 saturated heterocycles. The summed E-state index contributed by atoms with van der Waals surface area (Å²) in [6.07, 6.45) is 3.09. The summed E-state index contributed by atoms with van der Waals surface area (Å²) in [4.78, 5) is 46.5. The van der Waals surface area contributed by atoms with Gasteiger partial charge in [0.25, 0.3) is 5.91 Å². The summed E-state index contributed by atoms with van der Waals surface area (Å²) in [7, 11) is 0. The van der Waals surface area contributed by atoms with Crippen molar-refractivity contribution in [1.29, 1.82) is 0 Å². The highest BCUT2D eigenvalue weighted by Gasteiger charge is 2.41. The molecule has 0 aliphatic carbocycles. The van der Waals surface area contributed by atoms with E-state index in [2.05, 4.69) is 15.7 Å². The zero-order valence-electron chi connectivity index (χ0n) is 29.9. The van der Waals surface area contributed by atoms with Crippen molar-refractivity contribution in [3.8, 4) is 16.9 Å². The molecule has 0 atom stereocenters. The number of rotatable bonds is 13. The summed E-state index contributed by atoms with van der Waals surface area (Å²) in [5, 5.41) is 2.02. The standard InChI is InChI=1S/C42H46F3N3O4S/c43-42(44,45)41(51)52-35-18-16-31(17-19-35)20-25-48(39(49)15-7-11-36-12-8-28-53-36)30-32-9-6-10-33(29-32)37-13-2-3-14-38(37)40(50)47-26-21-34(22-27-47)46-23-4-1-5-24-46/h2-3,6,8-10,12-14,16-19,28-29,34H,1,4-5,7,11,15,20-27,30H2. The van der Waals surface area contributed by atoms with Crippen LogP contribution in [0.1, 0.15) is 71.3 Å². The second-order valence-electron chi connectivity index (χ2n) is 13.9. The number of benzene rings is 3. The molecule has 0 radical (unpaired) electrons. The van der Waals surface area contributed by atoms with Crippen molar-refractivity contribution in [1.82, 2.24) is 14.7 Å². The van der Waals surface area contributed by atoms with E-state index in [9.17, 15) is 27.6 Å². The van der Waals surface area contributed by atoms with Crippen LogP contribution in [0.2, 0.25) is 0 Å². The summed E-state index contributed by atoms with van der Waals surface area (Å²) in [6, 6.07) is 26.2. The monoisotopic (exact) mass is 745 g/mol. The Hall–Kier alpha value is -4.48. The van der Waals surface area contributed by atoms with Crippen molar-refractivity contribution in [3.05, 3.63) is 112 Å². The maximum Gasteiger partial charge on any atom is 0.491 e. The van der Waals surface area contributed by atoms with Crippen molar-refractivity contribution in [3.63, 3.8) is 0 Å². The zero-order valence-corrected chi connectivity index (χ0v) is 30.7. The smallest absolute Gasteiger partial charge is 0.420 e. The average Bonchev–Trinajstić information content (AvgIpc) is 3.70. The highest BCUT2D eigenvalue weighted by Crippen LogP contribution is 2.29. The van der Waals surface area contributed by atoms with Crippen molar-refractivity contribution in [2.75, 3.05) is 32.7 Å². The minimum atomic E-state index is -5.08. The number of ether oxygens (including phenoxy) is 1. The first-order chi connectivity index (χ1) is 25.6. The Morgan fingerprint density at radius 3 is 2.28 bits per heavy atom. The van der Waals surface area contributed by atoms with Gasteiger partial charge in [0.15, 0.2) is 0 Å². The molecule has 0 N–H and O–H groups in total. The van der Waals surface area contributed by atoms with Gasteiger partial charge >= 0.3 is 12.1 Å². The molecule has 280 valence electrons. The quantitative estimate of drug-likeness (QED) is 0.101. The van der Waals surface area contributed by atoms with E-state index in [0.717, 1.165) is 67.7 Å². The number of carbonyl (C=O) groups is 3. The first-order valence-electron chi connectivity index (χ1n) is 18.5. The first-order valence-corrected chi connectivity index (χ1v) is 19.4. The number of likely N-dealkylation sites (tertiary alicyclic amines) is 2. The molecule has 4 aromatic rings. The third-order valence-corrected chi connectivity index (χ3v) is 11.1. The molecule has 3 heterocycles. The fraction of sp³-hybridized carbons (Fsp3) is 0.405. The van der Waals surface area contributed by atoms with Gasteiger partial charge in [-0.05, 0) is 116 Å². The van der Waals surface area contributed by atoms with Gasteiger partial charge in [0.2, 0.25) is 5.91 Å². The fourth-order valence-electron chi connectivity index (χ4n) is 7.34. The van der Waals surface area contributed by atoms with Gasteiger partial charge in [-0.2, -0.15) is 13.2 Å². The lowest BCUT2D eigenvalue weighted by Gasteiger charge is -2.40. The number of piperidine rings is 2. The molecule has 2 aliphatic rings. The van der Waals surface area contributed by atoms with Gasteiger partial charge in [-0.3, -0.25) is 9.59 Å². The highest BCUT2D eigenvalue weighted by atomic mass is 32.1. The lowest BCUT2D eigenvalue weighted by Crippen LogP contribution is -2.48. The highest BCUT2D eigenvalue weighted by molar-refractivity contribution is 7.09. The van der Waals surface area contributed by atoms with E-state index in [1.807, 2.05) is 69.8 Å². The van der Waals surface area contributed by atoms with E-state index in [0.29, 0.717) is 44.0 Å². The normalized spacial score (nSPS) is 15.6. The van der Waals surface area contributed by atoms with Crippen LogP contribution in [0.3, 0.4) is 0 Å². The maximum absolute atomic E-state index is 13.9. The van der Waals surface area contributed by atoms with Gasteiger partial charge in [-0.15, -0.1) is 11.3 Å². The lowest BCUT2D eigenvalue weighted by molar-refractivity contribution is -0.189. The Bertz CT molecular complexity index is 1820. The van der Waals surface area contributed by atoms with Gasteiger partial charge in [0.05, 0.1) is 0 Å². The molecule has 0 unspecified atom stereocenters. The van der Waals surface area contributed by atoms with Crippen LogP contribution in [0.15, 0.2) is 90.3 Å². The minimum Gasteiger partial charge on any atom is -0.420 e. The molecule has 6 rings (SSSR count). The summed E-state index contributed by atoms with van der Waals surface area (Å²) in [6.45, 7) is 4.56. The molecule has 11 heteroatoms. The number of thiophene rings is 1. The summed E-state index contributed by atoms with van der Waals surface area (Å²) in [5.41, 5.74) is 4.15. The molecule has 2 aliphatic heterocycles. The Morgan fingerprint density at radius 2 is 1.57 bits per heavy atom. The van der Waals surface area contributed by atoms with Crippen molar-refractivity contribution < 1.29 is 32.3 Å². The fourth-order valence-corrected chi connectivity index (χ4v) is 8.09. The number of nitrogens with zero attached hydrogens (tertiary/aromatic N) is 3. The van der Waals surface area contributed by atoms with Crippen LogP contribution < -0.4 is 4.74 Å². The predicted octanol–water partition coefficient (Wildman–Crippen LogP) is 8.57. The molecule has 7 nitrogen and oxygen atoms in total. The topological polar surface area (TPSA) is 70.2 Å². The van der Waals surface area contributed by atoms with Gasteiger partial charge in [-0.25, -0.2) is 4.79 Å². The summed E-state index contributed by atoms with van der Waals surface area (Å²) >= 11 is 1.67. The number of halogens is 3. The van der Waals surface area contributed by atoms with Crippen LogP contribution in [0, 0.1) is 0 Å². The van der Waals surface area contributed by atoms with Crippen molar-refractivity contribution in [2.24, 2.45) is 0 Å². The number of esters is 1. The van der Waals surface area contributed by atoms with Crippen LogP contribution >= 0.6 is 11.3 Å². The minimum absolute atomic E-state index is 0.00576. The number of alkyl halides is 3. The average molecular weight is 746 g/mol. The molecular weight excluding hydrogens is 700 g/mol. The Kier molecular flexibility index (Phi) is 13.0. The summed E-state index contributed by atoms with van der Waals surface area (Å²) < 4.78 is 42.3. The molecule has 0 bridgehead atoms. The number of amides is 2. The summed E-state index contributed by atoms with van der Waals surface area (Å²) in [5.74, 6) is -2.42. The van der Waals surface area contributed by atoms with E-state index < -0.39 is 12.1 Å². The SMILES string of the molecule is O=C(CCCc1cccs1)N(CCc1ccc(OC(=O)C(F)(F)F)cc1)Cc1cccc(-c2ccccc2C(=O)N2CCC(N3CCCCC3)CC2)c1. The molecule has 3 aromatic carbocycles. The molecule has 53 heavy (non-hydrogen) atoms. The number of carbonyl (C=O) groups excluding carboxylic acids is 3. The first kappa shape index (κ1) is 38.3. The van der Waals surface area contributed by atoms with Crippen molar-refractivity contribution in [2.45, 2.75) is 76.6 Å². The van der Waals surface area contributed by atoms with Crippen molar-refractivity contribution >= 4 is 29.1 Å². The Labute approximate surface area is 313 Å². The van der Waals surface area contributed by atoms with Crippen LogP contribution in [-0.2, 0) is 29.0 Å².